The first-order chi connectivity index (χ1) is 9.00. The number of rotatable bonds is 3. The number of nitrogens with one attached hydrogen (secondary N) is 1. The van der Waals surface area contributed by atoms with Crippen LogP contribution in [0.2, 0.25) is 15.2 Å². The lowest BCUT2D eigenvalue weighted by Gasteiger charge is -2.09. The second-order valence-electron chi connectivity index (χ2n) is 3.34. The molecule has 0 saturated carbocycles. The molecule has 0 aliphatic carbocycles. The van der Waals surface area contributed by atoms with Crippen LogP contribution in [0.25, 0.3) is 0 Å². The molecule has 98 valence electrons. The van der Waals surface area contributed by atoms with Crippen LogP contribution < -0.4 is 5.32 Å². The largest absolute Gasteiger partial charge is 0.348 e. The van der Waals surface area contributed by atoms with Gasteiger partial charge < -0.3 is 5.32 Å². The molecule has 2 rings (SSSR count). The summed E-state index contributed by atoms with van der Waals surface area (Å²) in [6, 6.07) is 4.83. The average Bonchev–Trinajstić information content (AvgIpc) is 2.33. The van der Waals surface area contributed by atoms with Gasteiger partial charge in [0.15, 0.2) is 0 Å². The van der Waals surface area contributed by atoms with E-state index in [0.717, 1.165) is 6.33 Å². The maximum absolute atomic E-state index is 10.9. The van der Waals surface area contributed by atoms with Gasteiger partial charge in [-0.25, -0.2) is 9.97 Å². The first kappa shape index (κ1) is 13.8. The highest BCUT2D eigenvalue weighted by Gasteiger charge is 2.22. The number of para-hydroxylation sites is 1. The Labute approximate surface area is 122 Å². The first-order valence-corrected chi connectivity index (χ1v) is 6.00. The van der Waals surface area contributed by atoms with Crippen molar-refractivity contribution in [3.8, 4) is 0 Å². The fraction of sp³-hybridized carbons (Fsp3) is 0. The van der Waals surface area contributed by atoms with Gasteiger partial charge in [-0.05, 0) is 12.1 Å². The lowest BCUT2D eigenvalue weighted by molar-refractivity contribution is -0.384. The Balaban J connectivity index is 2.50. The molecule has 0 radical (unpaired) electrons. The molecule has 0 atom stereocenters. The molecule has 0 saturated heterocycles. The molecule has 0 aliphatic rings. The van der Waals surface area contributed by atoms with E-state index in [4.69, 9.17) is 34.8 Å². The predicted molar refractivity (Wildman–Crippen MR) is 73.4 cm³/mol. The minimum absolute atomic E-state index is 0.0833. The van der Waals surface area contributed by atoms with Gasteiger partial charge in [0, 0.05) is 0 Å². The fourth-order valence-electron chi connectivity index (χ4n) is 1.35. The van der Waals surface area contributed by atoms with Crippen LogP contribution in [-0.2, 0) is 0 Å². The highest BCUT2D eigenvalue weighted by atomic mass is 35.5. The molecular weight excluding hydrogens is 314 g/mol. The quantitative estimate of drug-likeness (QED) is 0.523. The SMILES string of the molecule is O=[N+]([O-])c1c(Cl)ncnc1Nc1c(Cl)cccc1Cl. The highest BCUT2D eigenvalue weighted by molar-refractivity contribution is 6.39. The van der Waals surface area contributed by atoms with E-state index in [2.05, 4.69) is 15.3 Å². The molecule has 1 aromatic carbocycles. The van der Waals surface area contributed by atoms with E-state index in [9.17, 15) is 10.1 Å². The minimum atomic E-state index is -0.685. The molecule has 9 heteroatoms. The van der Waals surface area contributed by atoms with Gasteiger partial charge >= 0.3 is 5.69 Å². The van der Waals surface area contributed by atoms with Gasteiger partial charge in [0.25, 0.3) is 0 Å². The van der Waals surface area contributed by atoms with Crippen molar-refractivity contribution in [2.24, 2.45) is 0 Å². The van der Waals surface area contributed by atoms with E-state index in [0.29, 0.717) is 15.7 Å². The fourth-order valence-corrected chi connectivity index (χ4v) is 2.04. The number of benzene rings is 1. The molecule has 0 amide bonds. The highest BCUT2D eigenvalue weighted by Crippen LogP contribution is 2.36. The second-order valence-corrected chi connectivity index (χ2v) is 4.51. The van der Waals surface area contributed by atoms with Crippen molar-refractivity contribution in [3.63, 3.8) is 0 Å². The van der Waals surface area contributed by atoms with Gasteiger partial charge in [-0.15, -0.1) is 0 Å². The molecule has 1 heterocycles. The summed E-state index contributed by atoms with van der Waals surface area (Å²) in [5.74, 6) is -0.0833. The summed E-state index contributed by atoms with van der Waals surface area (Å²) in [5.41, 5.74) is -0.135. The van der Waals surface area contributed by atoms with Crippen LogP contribution in [0, 0.1) is 10.1 Å². The van der Waals surface area contributed by atoms with Crippen molar-refractivity contribution < 1.29 is 4.92 Å². The molecule has 0 fully saturated rings. The van der Waals surface area contributed by atoms with E-state index >= 15 is 0 Å². The van der Waals surface area contributed by atoms with E-state index in [-0.39, 0.29) is 11.0 Å². The van der Waals surface area contributed by atoms with Crippen molar-refractivity contribution in [2.75, 3.05) is 5.32 Å². The van der Waals surface area contributed by atoms with Crippen molar-refractivity contribution >= 4 is 52.0 Å². The summed E-state index contributed by atoms with van der Waals surface area (Å²) in [6.45, 7) is 0. The summed E-state index contributed by atoms with van der Waals surface area (Å²) in [5, 5.41) is 14.0. The van der Waals surface area contributed by atoms with Crippen molar-refractivity contribution in [2.45, 2.75) is 0 Å². The maximum Gasteiger partial charge on any atom is 0.348 e. The van der Waals surface area contributed by atoms with Crippen LogP contribution in [0.3, 0.4) is 0 Å². The summed E-state index contributed by atoms with van der Waals surface area (Å²) in [6.07, 6.45) is 1.10. The molecule has 0 unspecified atom stereocenters. The first-order valence-electron chi connectivity index (χ1n) is 4.86. The summed E-state index contributed by atoms with van der Waals surface area (Å²) in [4.78, 5) is 17.6. The number of halogens is 3. The molecule has 1 aromatic heterocycles. The van der Waals surface area contributed by atoms with Gasteiger partial charge in [-0.2, -0.15) is 0 Å². The zero-order chi connectivity index (χ0) is 14.0. The summed E-state index contributed by atoms with van der Waals surface area (Å²) in [7, 11) is 0. The topological polar surface area (TPSA) is 81.0 Å². The van der Waals surface area contributed by atoms with Crippen LogP contribution in [0.5, 0.6) is 0 Å². The average molecular weight is 320 g/mol. The molecule has 6 nitrogen and oxygen atoms in total. The van der Waals surface area contributed by atoms with Crippen LogP contribution in [0.4, 0.5) is 17.2 Å². The third kappa shape index (κ3) is 2.86. The van der Waals surface area contributed by atoms with Crippen LogP contribution in [-0.4, -0.2) is 14.9 Å². The molecule has 2 aromatic rings. The van der Waals surface area contributed by atoms with Crippen molar-refractivity contribution in [3.05, 3.63) is 49.8 Å². The molecule has 0 bridgehead atoms. The Morgan fingerprint density at radius 3 is 2.37 bits per heavy atom. The van der Waals surface area contributed by atoms with Gasteiger partial charge in [-0.3, -0.25) is 10.1 Å². The Hall–Kier alpha value is -1.63. The van der Waals surface area contributed by atoms with Gasteiger partial charge in [0.05, 0.1) is 20.7 Å². The molecule has 19 heavy (non-hydrogen) atoms. The second kappa shape index (κ2) is 5.56. The lowest BCUT2D eigenvalue weighted by atomic mass is 10.3. The molecule has 0 spiro atoms. The number of nitro groups is 1. The van der Waals surface area contributed by atoms with Crippen molar-refractivity contribution in [1.82, 2.24) is 9.97 Å². The Morgan fingerprint density at radius 1 is 1.16 bits per heavy atom. The number of hydrogen-bond donors (Lipinski definition) is 1. The van der Waals surface area contributed by atoms with Gasteiger partial charge in [-0.1, -0.05) is 40.9 Å². The molecule has 0 aliphatic heterocycles. The van der Waals surface area contributed by atoms with E-state index in [1.54, 1.807) is 18.2 Å². The van der Waals surface area contributed by atoms with Crippen LogP contribution >= 0.6 is 34.8 Å². The number of hydrogen-bond acceptors (Lipinski definition) is 5. The zero-order valence-electron chi connectivity index (χ0n) is 9.10. The van der Waals surface area contributed by atoms with Crippen LogP contribution in [0.15, 0.2) is 24.5 Å². The number of nitrogens with zero attached hydrogens (tertiary/aromatic N) is 3. The van der Waals surface area contributed by atoms with E-state index in [1.165, 1.54) is 0 Å². The lowest BCUT2D eigenvalue weighted by Crippen LogP contribution is -2.02. The monoisotopic (exact) mass is 318 g/mol. The predicted octanol–water partition coefficient (Wildman–Crippen LogP) is 4.09. The normalized spacial score (nSPS) is 10.3. The molecular formula is C10H5Cl3N4O2. The Kier molecular flexibility index (Phi) is 4.04. The third-order valence-corrected chi connectivity index (χ3v) is 3.07. The third-order valence-electron chi connectivity index (χ3n) is 2.17. The Morgan fingerprint density at radius 2 is 1.79 bits per heavy atom. The van der Waals surface area contributed by atoms with Crippen molar-refractivity contribution in [1.29, 1.82) is 0 Å². The summed E-state index contributed by atoms with van der Waals surface area (Å²) >= 11 is 17.6. The summed E-state index contributed by atoms with van der Waals surface area (Å²) < 4.78 is 0. The minimum Gasteiger partial charge on any atom is -0.332 e. The number of anilines is 2. The van der Waals surface area contributed by atoms with Gasteiger partial charge in [0.1, 0.15) is 6.33 Å². The van der Waals surface area contributed by atoms with E-state index < -0.39 is 10.6 Å². The maximum atomic E-state index is 10.9. The van der Waals surface area contributed by atoms with E-state index in [1.807, 2.05) is 0 Å². The standard InChI is InChI=1S/C10H5Cl3N4O2/c11-5-2-1-3-6(12)7(5)16-10-8(17(18)19)9(13)14-4-15-10/h1-4H,(H,14,15,16). The smallest absolute Gasteiger partial charge is 0.332 e. The van der Waals surface area contributed by atoms with Gasteiger partial charge in [0.2, 0.25) is 11.0 Å². The van der Waals surface area contributed by atoms with Crippen LogP contribution in [0.1, 0.15) is 0 Å². The molecule has 1 N–H and O–H groups in total. The Bertz CT molecular complexity index is 630. The zero-order valence-corrected chi connectivity index (χ0v) is 11.4. The number of aromatic nitrogens is 2.